The molecule has 3 aromatic rings. The van der Waals surface area contributed by atoms with Crippen LogP contribution in [0.1, 0.15) is 21.5 Å². The van der Waals surface area contributed by atoms with Crippen LogP contribution in [0.3, 0.4) is 0 Å². The van der Waals surface area contributed by atoms with Gasteiger partial charge in [-0.25, -0.2) is 4.79 Å². The third-order valence-electron chi connectivity index (χ3n) is 4.60. The fraction of sp³-hybridized carbons (Fsp3) is 0.130. The van der Waals surface area contributed by atoms with Gasteiger partial charge in [-0.05, 0) is 29.8 Å². The van der Waals surface area contributed by atoms with E-state index in [0.29, 0.717) is 6.54 Å². The first-order valence-electron chi connectivity index (χ1n) is 9.84. The van der Waals surface area contributed by atoms with Gasteiger partial charge in [0.25, 0.3) is 11.6 Å². The number of nitro groups is 1. The van der Waals surface area contributed by atoms with Gasteiger partial charge in [-0.15, -0.1) is 0 Å². The number of para-hydroxylation sites is 1. The van der Waals surface area contributed by atoms with Gasteiger partial charge in [-0.2, -0.15) is 13.2 Å². The normalized spacial score (nSPS) is 10.9. The molecular weight excluding hydrogens is 455 g/mol. The number of benzene rings is 3. The maximum Gasteiger partial charge on any atom is 0.418 e. The molecule has 8 nitrogen and oxygen atoms in total. The molecule has 0 aromatic heterocycles. The Morgan fingerprint density at radius 3 is 2.29 bits per heavy atom. The quantitative estimate of drug-likeness (QED) is 0.270. The maximum atomic E-state index is 13.0. The second-order valence-corrected chi connectivity index (χ2v) is 7.00. The number of alkyl halides is 3. The number of nitrogens with zero attached hydrogens (tertiary/aromatic N) is 1. The molecule has 3 aromatic carbocycles. The first kappa shape index (κ1) is 24.2. The van der Waals surface area contributed by atoms with Crippen LogP contribution in [0.15, 0.2) is 72.8 Å². The fourth-order valence-corrected chi connectivity index (χ4v) is 2.99. The van der Waals surface area contributed by atoms with Gasteiger partial charge in [0.15, 0.2) is 6.61 Å². The third-order valence-corrected chi connectivity index (χ3v) is 4.60. The molecule has 0 saturated carbocycles. The average Bonchev–Trinajstić information content (AvgIpc) is 2.81. The zero-order valence-corrected chi connectivity index (χ0v) is 17.5. The molecule has 0 radical (unpaired) electrons. The summed E-state index contributed by atoms with van der Waals surface area (Å²) < 4.78 is 43.9. The minimum Gasteiger partial charge on any atom is -0.452 e. The lowest BCUT2D eigenvalue weighted by Gasteiger charge is -2.13. The fourth-order valence-electron chi connectivity index (χ4n) is 2.99. The number of hydrogen-bond acceptors (Lipinski definition) is 6. The number of ether oxygens (including phenoxy) is 1. The smallest absolute Gasteiger partial charge is 0.418 e. The molecule has 0 aliphatic carbocycles. The summed E-state index contributed by atoms with van der Waals surface area (Å²) in [6, 6.07) is 17.1. The third kappa shape index (κ3) is 6.31. The molecule has 0 atom stereocenters. The van der Waals surface area contributed by atoms with E-state index in [1.807, 2.05) is 35.6 Å². The van der Waals surface area contributed by atoms with Crippen LogP contribution in [0.4, 0.5) is 30.2 Å². The van der Waals surface area contributed by atoms with Gasteiger partial charge in [0.2, 0.25) is 0 Å². The highest BCUT2D eigenvalue weighted by atomic mass is 19.4. The monoisotopic (exact) mass is 473 g/mol. The van der Waals surface area contributed by atoms with Crippen molar-refractivity contribution in [2.75, 3.05) is 17.2 Å². The second-order valence-electron chi connectivity index (χ2n) is 7.00. The summed E-state index contributed by atoms with van der Waals surface area (Å²) >= 11 is 0. The van der Waals surface area contributed by atoms with Gasteiger partial charge >= 0.3 is 12.1 Å². The number of amides is 1. The number of hydrogen-bond donors (Lipinski definition) is 2. The highest BCUT2D eigenvalue weighted by molar-refractivity contribution is 5.96. The van der Waals surface area contributed by atoms with E-state index in [-0.39, 0.29) is 16.9 Å². The van der Waals surface area contributed by atoms with E-state index in [4.69, 9.17) is 4.74 Å². The van der Waals surface area contributed by atoms with Gasteiger partial charge in [-0.3, -0.25) is 14.9 Å². The lowest BCUT2D eigenvalue weighted by Crippen LogP contribution is -2.22. The number of carbonyl (C=O) groups excluding carboxylic acids is 2. The van der Waals surface area contributed by atoms with E-state index in [1.54, 1.807) is 0 Å². The van der Waals surface area contributed by atoms with Crippen molar-refractivity contribution in [2.45, 2.75) is 12.7 Å². The molecule has 0 saturated heterocycles. The largest absolute Gasteiger partial charge is 0.452 e. The first-order valence-corrected chi connectivity index (χ1v) is 9.84. The van der Waals surface area contributed by atoms with Crippen LogP contribution in [-0.4, -0.2) is 23.4 Å². The molecule has 0 bridgehead atoms. The van der Waals surface area contributed by atoms with Gasteiger partial charge in [0.05, 0.1) is 21.7 Å². The highest BCUT2D eigenvalue weighted by Crippen LogP contribution is 2.34. The second kappa shape index (κ2) is 10.5. The van der Waals surface area contributed by atoms with Crippen LogP contribution in [0.5, 0.6) is 0 Å². The molecule has 3 rings (SSSR count). The van der Waals surface area contributed by atoms with E-state index in [2.05, 4.69) is 5.32 Å². The van der Waals surface area contributed by atoms with E-state index in [0.717, 1.165) is 23.8 Å². The predicted octanol–water partition coefficient (Wildman–Crippen LogP) is 5.02. The Bertz CT molecular complexity index is 1200. The molecule has 2 N–H and O–H groups in total. The number of anilines is 2. The Hall–Kier alpha value is -4.41. The van der Waals surface area contributed by atoms with E-state index >= 15 is 0 Å². The molecule has 11 heteroatoms. The summed E-state index contributed by atoms with van der Waals surface area (Å²) in [5.74, 6) is -2.04. The van der Waals surface area contributed by atoms with Gasteiger partial charge in [0.1, 0.15) is 5.69 Å². The molecule has 1 amide bonds. The molecule has 34 heavy (non-hydrogen) atoms. The van der Waals surface area contributed by atoms with Crippen molar-refractivity contribution >= 4 is 28.9 Å². The van der Waals surface area contributed by atoms with Crippen molar-refractivity contribution in [1.29, 1.82) is 0 Å². The lowest BCUT2D eigenvalue weighted by molar-refractivity contribution is -0.384. The highest BCUT2D eigenvalue weighted by Gasteiger charge is 2.33. The summed E-state index contributed by atoms with van der Waals surface area (Å²) in [6.07, 6.45) is -4.68. The summed E-state index contributed by atoms with van der Waals surface area (Å²) in [6.45, 7) is -0.572. The van der Waals surface area contributed by atoms with Crippen molar-refractivity contribution in [1.82, 2.24) is 0 Å². The molecule has 176 valence electrons. The van der Waals surface area contributed by atoms with Crippen LogP contribution >= 0.6 is 0 Å². The number of nitro benzene ring substituents is 1. The Balaban J connectivity index is 1.64. The zero-order valence-electron chi connectivity index (χ0n) is 17.5. The number of nitrogens with one attached hydrogen (secondary N) is 2. The van der Waals surface area contributed by atoms with Crippen LogP contribution in [0.25, 0.3) is 0 Å². The van der Waals surface area contributed by atoms with Crippen LogP contribution in [-0.2, 0) is 22.3 Å². The lowest BCUT2D eigenvalue weighted by atomic mass is 10.1. The van der Waals surface area contributed by atoms with E-state index in [1.165, 1.54) is 24.3 Å². The molecule has 0 aliphatic heterocycles. The van der Waals surface area contributed by atoms with Gasteiger partial charge in [-0.1, -0.05) is 42.5 Å². The summed E-state index contributed by atoms with van der Waals surface area (Å²) in [5.41, 5.74) is -1.05. The maximum absolute atomic E-state index is 13.0. The van der Waals surface area contributed by atoms with Gasteiger partial charge in [0, 0.05) is 12.6 Å². The van der Waals surface area contributed by atoms with Crippen LogP contribution < -0.4 is 10.6 Å². The minimum atomic E-state index is -4.68. The molecule has 0 spiro atoms. The predicted molar refractivity (Wildman–Crippen MR) is 117 cm³/mol. The van der Waals surface area contributed by atoms with Gasteiger partial charge < -0.3 is 15.4 Å². The minimum absolute atomic E-state index is 0.173. The zero-order chi connectivity index (χ0) is 24.7. The Kier molecular flexibility index (Phi) is 7.46. The molecule has 0 fully saturated rings. The van der Waals surface area contributed by atoms with E-state index in [9.17, 15) is 32.9 Å². The molecular formula is C23H18F3N3O5. The van der Waals surface area contributed by atoms with Crippen molar-refractivity contribution in [2.24, 2.45) is 0 Å². The van der Waals surface area contributed by atoms with Crippen LogP contribution in [0.2, 0.25) is 0 Å². The Labute approximate surface area is 191 Å². The number of carbonyl (C=O) groups is 2. The molecule has 0 unspecified atom stereocenters. The Morgan fingerprint density at radius 1 is 0.941 bits per heavy atom. The van der Waals surface area contributed by atoms with E-state index < -0.39 is 40.8 Å². The topological polar surface area (TPSA) is 111 Å². The van der Waals surface area contributed by atoms with Crippen molar-refractivity contribution in [3.05, 3.63) is 99.6 Å². The van der Waals surface area contributed by atoms with Crippen molar-refractivity contribution in [3.63, 3.8) is 0 Å². The standard InChI is InChI=1S/C23H18F3N3O5/c24-23(25,26)17-8-4-5-9-18(17)28-21(30)14-34-22(31)16-10-11-19(20(12-16)29(32)33)27-13-15-6-2-1-3-7-15/h1-12,27H,13-14H2,(H,28,30). The summed E-state index contributed by atoms with van der Waals surface area (Å²) in [4.78, 5) is 35.0. The SMILES string of the molecule is O=C(COC(=O)c1ccc(NCc2ccccc2)c([N+](=O)[O-])c1)Nc1ccccc1C(F)(F)F. The number of esters is 1. The Morgan fingerprint density at radius 2 is 1.62 bits per heavy atom. The summed E-state index contributed by atoms with van der Waals surface area (Å²) in [7, 11) is 0. The number of halogens is 3. The molecule has 0 heterocycles. The van der Waals surface area contributed by atoms with Crippen molar-refractivity contribution in [3.8, 4) is 0 Å². The molecule has 0 aliphatic rings. The van der Waals surface area contributed by atoms with Crippen LogP contribution in [0, 0.1) is 10.1 Å². The van der Waals surface area contributed by atoms with Crippen molar-refractivity contribution < 1.29 is 32.4 Å². The average molecular weight is 473 g/mol. The number of rotatable bonds is 8. The summed E-state index contributed by atoms with van der Waals surface area (Å²) in [5, 5.41) is 16.4. The first-order chi connectivity index (χ1) is 16.1.